The number of carbonyl (C=O) groups excluding carboxylic acids is 1. The second-order valence-corrected chi connectivity index (χ2v) is 6.09. The minimum absolute atomic E-state index is 0.0580. The zero-order valence-electron chi connectivity index (χ0n) is 15.2. The highest BCUT2D eigenvalue weighted by atomic mass is 19.1. The van der Waals surface area contributed by atoms with Gasteiger partial charge in [-0.25, -0.2) is 8.78 Å². The van der Waals surface area contributed by atoms with Gasteiger partial charge in [0.15, 0.2) is 28.9 Å². The molecule has 138 valence electrons. The van der Waals surface area contributed by atoms with E-state index in [4.69, 9.17) is 4.74 Å². The van der Waals surface area contributed by atoms with Crippen LogP contribution in [0.5, 0.6) is 11.5 Å². The summed E-state index contributed by atoms with van der Waals surface area (Å²) in [5.41, 5.74) is 2.43. The zero-order chi connectivity index (χ0) is 19.6. The molecule has 0 aliphatic carbocycles. The average molecular weight is 368 g/mol. The van der Waals surface area contributed by atoms with E-state index in [1.54, 1.807) is 30.8 Å². The third-order valence-electron chi connectivity index (χ3n) is 4.20. The van der Waals surface area contributed by atoms with E-state index in [-0.39, 0.29) is 17.3 Å². The first-order valence-corrected chi connectivity index (χ1v) is 8.31. The molecule has 0 saturated heterocycles. The van der Waals surface area contributed by atoms with Crippen LogP contribution in [-0.2, 0) is 7.05 Å². The Balaban J connectivity index is 1.78. The van der Waals surface area contributed by atoms with Crippen molar-refractivity contribution in [2.75, 3.05) is 0 Å². The van der Waals surface area contributed by atoms with Gasteiger partial charge in [0.1, 0.15) is 0 Å². The molecule has 4 nitrogen and oxygen atoms in total. The van der Waals surface area contributed by atoms with Crippen LogP contribution in [0.3, 0.4) is 0 Å². The summed E-state index contributed by atoms with van der Waals surface area (Å²) in [6.07, 6.45) is 2.90. The second-order valence-electron chi connectivity index (χ2n) is 6.09. The third-order valence-corrected chi connectivity index (χ3v) is 4.20. The number of para-hydroxylation sites is 1. The summed E-state index contributed by atoms with van der Waals surface area (Å²) in [4.78, 5) is 12.4. The molecule has 0 bridgehead atoms. The fraction of sp³-hybridized carbons (Fsp3) is 0.143. The van der Waals surface area contributed by atoms with Gasteiger partial charge in [0.05, 0.1) is 11.3 Å². The first-order chi connectivity index (χ1) is 12.9. The van der Waals surface area contributed by atoms with Crippen molar-refractivity contribution in [1.29, 1.82) is 0 Å². The van der Waals surface area contributed by atoms with Crippen molar-refractivity contribution in [3.63, 3.8) is 0 Å². The summed E-state index contributed by atoms with van der Waals surface area (Å²) in [6.45, 7) is 3.58. The van der Waals surface area contributed by atoms with Gasteiger partial charge < -0.3 is 4.74 Å². The largest absolute Gasteiger partial charge is 0.451 e. The molecule has 27 heavy (non-hydrogen) atoms. The van der Waals surface area contributed by atoms with Crippen molar-refractivity contribution < 1.29 is 18.3 Å². The van der Waals surface area contributed by atoms with E-state index >= 15 is 0 Å². The van der Waals surface area contributed by atoms with Crippen LogP contribution in [0.25, 0.3) is 6.08 Å². The SMILES string of the molecule is Cc1nn(C)c(C)c1C(=O)C=Cc1ccc(Oc2ccccc2F)c(F)c1. The highest BCUT2D eigenvalue weighted by molar-refractivity contribution is 6.08. The van der Waals surface area contributed by atoms with Crippen LogP contribution in [0.15, 0.2) is 48.5 Å². The highest BCUT2D eigenvalue weighted by Gasteiger charge is 2.15. The molecule has 0 radical (unpaired) electrons. The van der Waals surface area contributed by atoms with E-state index in [2.05, 4.69) is 5.10 Å². The Morgan fingerprint density at radius 2 is 1.78 bits per heavy atom. The lowest BCUT2D eigenvalue weighted by molar-refractivity contribution is 0.104. The van der Waals surface area contributed by atoms with Crippen molar-refractivity contribution in [2.24, 2.45) is 7.05 Å². The number of rotatable bonds is 5. The Kier molecular flexibility index (Phi) is 5.16. The number of ether oxygens (including phenoxy) is 1. The number of halogens is 2. The molecule has 2 aromatic carbocycles. The normalized spacial score (nSPS) is 11.1. The summed E-state index contributed by atoms with van der Waals surface area (Å²) < 4.78 is 34.8. The van der Waals surface area contributed by atoms with Gasteiger partial charge in [0.25, 0.3) is 0 Å². The maximum Gasteiger partial charge on any atom is 0.189 e. The van der Waals surface area contributed by atoms with Crippen molar-refractivity contribution in [3.8, 4) is 11.5 Å². The number of aryl methyl sites for hydroxylation is 2. The molecule has 0 saturated carbocycles. The zero-order valence-corrected chi connectivity index (χ0v) is 15.2. The maximum absolute atomic E-state index is 14.3. The van der Waals surface area contributed by atoms with Crippen LogP contribution in [0.4, 0.5) is 8.78 Å². The van der Waals surface area contributed by atoms with E-state index < -0.39 is 11.6 Å². The van der Waals surface area contributed by atoms with Gasteiger partial charge in [-0.2, -0.15) is 5.10 Å². The lowest BCUT2D eigenvalue weighted by Gasteiger charge is -2.08. The van der Waals surface area contributed by atoms with Gasteiger partial charge in [-0.05, 0) is 49.8 Å². The summed E-state index contributed by atoms with van der Waals surface area (Å²) >= 11 is 0. The number of ketones is 1. The number of nitrogens with zero attached hydrogens (tertiary/aromatic N) is 2. The van der Waals surface area contributed by atoms with Gasteiger partial charge in [0.2, 0.25) is 0 Å². The van der Waals surface area contributed by atoms with Crippen LogP contribution in [0.1, 0.15) is 27.3 Å². The standard InChI is InChI=1S/C21H18F2N2O2/c1-13-21(14(2)25(3)24-13)18(26)10-8-15-9-11-20(17(23)12-15)27-19-7-5-4-6-16(19)22/h4-12H,1-3H3. The molecule has 0 N–H and O–H groups in total. The molecule has 3 aromatic rings. The molecule has 0 atom stereocenters. The van der Waals surface area contributed by atoms with Crippen molar-refractivity contribution >= 4 is 11.9 Å². The maximum atomic E-state index is 14.3. The quantitative estimate of drug-likeness (QED) is 0.470. The van der Waals surface area contributed by atoms with Gasteiger partial charge in [-0.3, -0.25) is 9.48 Å². The molecule has 1 heterocycles. The first kappa shape index (κ1) is 18.5. The molecule has 0 unspecified atom stereocenters. The number of benzene rings is 2. The number of carbonyl (C=O) groups is 1. The monoisotopic (exact) mass is 368 g/mol. The van der Waals surface area contributed by atoms with Crippen molar-refractivity contribution in [2.45, 2.75) is 13.8 Å². The summed E-state index contributed by atoms with van der Waals surface area (Å²) in [7, 11) is 1.77. The molecule has 6 heteroatoms. The van der Waals surface area contributed by atoms with E-state index in [1.165, 1.54) is 42.5 Å². The van der Waals surface area contributed by atoms with Gasteiger partial charge in [0, 0.05) is 12.7 Å². The Labute approximate surface area is 155 Å². The lowest BCUT2D eigenvalue weighted by atomic mass is 10.1. The fourth-order valence-electron chi connectivity index (χ4n) is 2.73. The molecule has 0 fully saturated rings. The molecule has 1 aromatic heterocycles. The Morgan fingerprint density at radius 3 is 2.41 bits per heavy atom. The number of aromatic nitrogens is 2. The average Bonchev–Trinajstić information content (AvgIpc) is 2.89. The van der Waals surface area contributed by atoms with Gasteiger partial charge >= 0.3 is 0 Å². The summed E-state index contributed by atoms with van der Waals surface area (Å²) in [5.74, 6) is -1.58. The van der Waals surface area contributed by atoms with E-state index in [0.29, 0.717) is 16.8 Å². The van der Waals surface area contributed by atoms with Crippen LogP contribution in [-0.4, -0.2) is 15.6 Å². The second kappa shape index (κ2) is 7.53. The molecule has 3 rings (SSSR count). The molecular formula is C21H18F2N2O2. The molecule has 0 aliphatic rings. The predicted octanol–water partition coefficient (Wildman–Crippen LogP) is 5.00. The fourth-order valence-corrected chi connectivity index (χ4v) is 2.73. The first-order valence-electron chi connectivity index (χ1n) is 8.31. The van der Waals surface area contributed by atoms with E-state index in [0.717, 1.165) is 5.69 Å². The Morgan fingerprint density at radius 1 is 1.07 bits per heavy atom. The van der Waals surface area contributed by atoms with E-state index in [1.807, 2.05) is 6.92 Å². The molecular weight excluding hydrogens is 350 g/mol. The van der Waals surface area contributed by atoms with Crippen molar-refractivity contribution in [1.82, 2.24) is 9.78 Å². The Bertz CT molecular complexity index is 1040. The summed E-state index contributed by atoms with van der Waals surface area (Å²) in [6, 6.07) is 9.98. The van der Waals surface area contributed by atoms with Gasteiger partial charge in [-0.15, -0.1) is 0 Å². The van der Waals surface area contributed by atoms with Crippen LogP contribution in [0.2, 0.25) is 0 Å². The Hall–Kier alpha value is -3.28. The summed E-state index contributed by atoms with van der Waals surface area (Å²) in [5, 5.41) is 4.21. The van der Waals surface area contributed by atoms with E-state index in [9.17, 15) is 13.6 Å². The van der Waals surface area contributed by atoms with Crippen molar-refractivity contribution in [3.05, 3.63) is 82.7 Å². The lowest BCUT2D eigenvalue weighted by Crippen LogP contribution is -1.99. The topological polar surface area (TPSA) is 44.1 Å². The van der Waals surface area contributed by atoms with Crippen LogP contribution < -0.4 is 4.74 Å². The highest BCUT2D eigenvalue weighted by Crippen LogP contribution is 2.27. The van der Waals surface area contributed by atoms with Crippen LogP contribution >= 0.6 is 0 Å². The number of hydrogen-bond donors (Lipinski definition) is 0. The molecule has 0 spiro atoms. The smallest absolute Gasteiger partial charge is 0.189 e. The minimum Gasteiger partial charge on any atom is -0.451 e. The third kappa shape index (κ3) is 3.95. The van der Waals surface area contributed by atoms with Gasteiger partial charge in [-0.1, -0.05) is 24.3 Å². The van der Waals surface area contributed by atoms with Crippen LogP contribution in [0, 0.1) is 25.5 Å². The predicted molar refractivity (Wildman–Crippen MR) is 98.9 cm³/mol. The molecule has 0 aliphatic heterocycles. The number of allylic oxidation sites excluding steroid dienone is 1. The minimum atomic E-state index is -0.651. The molecule has 0 amide bonds. The number of hydrogen-bond acceptors (Lipinski definition) is 3.